The highest BCUT2D eigenvalue weighted by molar-refractivity contribution is 6.07. The Hall–Kier alpha value is -4.20. The lowest BCUT2D eigenvalue weighted by Crippen LogP contribution is -2.33. The molecular formula is C30H33N5O3. The van der Waals surface area contributed by atoms with E-state index in [1.165, 1.54) is 0 Å². The van der Waals surface area contributed by atoms with E-state index in [-0.39, 0.29) is 29.8 Å². The molecule has 3 heterocycles. The maximum absolute atomic E-state index is 13.5. The molecule has 0 bridgehead atoms. The number of nitrogens with one attached hydrogen (secondary N) is 1. The Morgan fingerprint density at radius 1 is 1.00 bits per heavy atom. The predicted molar refractivity (Wildman–Crippen MR) is 150 cm³/mol. The van der Waals surface area contributed by atoms with Crippen LogP contribution in [0.15, 0.2) is 60.8 Å². The molecule has 2 saturated heterocycles. The fourth-order valence-corrected chi connectivity index (χ4v) is 5.62. The third-order valence-corrected chi connectivity index (χ3v) is 7.55. The summed E-state index contributed by atoms with van der Waals surface area (Å²) in [6, 6.07) is 17.2. The molecule has 3 aromatic rings. The highest BCUT2D eigenvalue weighted by Gasteiger charge is 2.35. The van der Waals surface area contributed by atoms with Crippen molar-refractivity contribution in [1.29, 1.82) is 0 Å². The van der Waals surface area contributed by atoms with Gasteiger partial charge in [0.25, 0.3) is 5.91 Å². The van der Waals surface area contributed by atoms with Gasteiger partial charge in [0.15, 0.2) is 0 Å². The van der Waals surface area contributed by atoms with Gasteiger partial charge in [0.2, 0.25) is 5.91 Å². The first-order valence-electron chi connectivity index (χ1n) is 13.2. The van der Waals surface area contributed by atoms with Gasteiger partial charge in [-0.15, -0.1) is 0 Å². The largest absolute Gasteiger partial charge is 0.355 e. The van der Waals surface area contributed by atoms with Crippen LogP contribution in [0.4, 0.5) is 22.0 Å². The number of nitrogens with zero attached hydrogens (tertiary/aromatic N) is 4. The van der Waals surface area contributed by atoms with Crippen molar-refractivity contribution in [2.75, 3.05) is 34.8 Å². The average molecular weight is 512 g/mol. The van der Waals surface area contributed by atoms with Gasteiger partial charge in [0, 0.05) is 60.8 Å². The second-order valence-electron chi connectivity index (χ2n) is 9.97. The molecule has 1 aromatic heterocycles. The first-order chi connectivity index (χ1) is 18.3. The van der Waals surface area contributed by atoms with Crippen molar-refractivity contribution in [1.82, 2.24) is 10.3 Å². The zero-order valence-corrected chi connectivity index (χ0v) is 22.3. The molecule has 4 amide bonds. The van der Waals surface area contributed by atoms with Gasteiger partial charge in [-0.2, -0.15) is 0 Å². The summed E-state index contributed by atoms with van der Waals surface area (Å²) >= 11 is 0. The van der Waals surface area contributed by atoms with Crippen LogP contribution in [0.5, 0.6) is 0 Å². The second-order valence-corrected chi connectivity index (χ2v) is 9.97. The van der Waals surface area contributed by atoms with Crippen LogP contribution >= 0.6 is 0 Å². The van der Waals surface area contributed by atoms with Crippen molar-refractivity contribution in [2.45, 2.75) is 39.7 Å². The zero-order valence-electron chi connectivity index (χ0n) is 22.3. The Labute approximate surface area is 223 Å². The molecule has 0 spiro atoms. The minimum atomic E-state index is -0.193. The average Bonchev–Trinajstić information content (AvgIpc) is 3.45. The summed E-state index contributed by atoms with van der Waals surface area (Å²) in [5.41, 5.74) is 5.13. The van der Waals surface area contributed by atoms with Crippen molar-refractivity contribution < 1.29 is 14.4 Å². The van der Waals surface area contributed by atoms with Gasteiger partial charge < -0.3 is 10.2 Å². The quantitative estimate of drug-likeness (QED) is 0.511. The van der Waals surface area contributed by atoms with Gasteiger partial charge in [0.1, 0.15) is 5.82 Å². The number of amides is 4. The number of anilines is 3. The summed E-state index contributed by atoms with van der Waals surface area (Å²) < 4.78 is 0. The summed E-state index contributed by atoms with van der Waals surface area (Å²) in [5, 5.41) is 2.63. The number of carbonyl (C=O) groups is 3. The number of urea groups is 1. The molecule has 196 valence electrons. The highest BCUT2D eigenvalue weighted by Crippen LogP contribution is 2.35. The first kappa shape index (κ1) is 25.4. The summed E-state index contributed by atoms with van der Waals surface area (Å²) in [4.78, 5) is 48.2. The molecule has 2 aliphatic rings. The number of hydrogen-bond acceptors (Lipinski definition) is 4. The Kier molecular flexibility index (Phi) is 6.89. The SMILES string of the molecule is CCc1c(-c2ccc(N3C(=O)[C@H](C)C[C@@H]3C)cc2)ccnc1N1CCN(c2cccc(C(=O)NC)c2)C1=O. The number of carbonyl (C=O) groups excluding carboxylic acids is 3. The van der Waals surface area contributed by atoms with Gasteiger partial charge >= 0.3 is 6.03 Å². The molecule has 2 atom stereocenters. The van der Waals surface area contributed by atoms with E-state index >= 15 is 0 Å². The van der Waals surface area contributed by atoms with E-state index in [9.17, 15) is 14.4 Å². The van der Waals surface area contributed by atoms with Crippen LogP contribution in [0.2, 0.25) is 0 Å². The smallest absolute Gasteiger partial charge is 0.330 e. The minimum absolute atomic E-state index is 0.0444. The normalized spacial score (nSPS) is 19.4. The third kappa shape index (κ3) is 4.40. The van der Waals surface area contributed by atoms with Crippen LogP contribution in [0.3, 0.4) is 0 Å². The standard InChI is InChI=1S/C30H33N5O3/c1-5-25-26(21-9-11-23(12-10-21)35-20(3)17-19(2)29(35)37)13-14-32-27(25)34-16-15-33(30(34)38)24-8-6-7-22(18-24)28(36)31-4/h6-14,18-20H,5,15-17H2,1-4H3,(H,31,36)/t19-,20+/m1/s1. The van der Waals surface area contributed by atoms with Crippen LogP contribution in [-0.4, -0.2) is 49.0 Å². The molecule has 2 aromatic carbocycles. The van der Waals surface area contributed by atoms with E-state index in [0.29, 0.717) is 36.6 Å². The van der Waals surface area contributed by atoms with E-state index in [0.717, 1.165) is 28.8 Å². The van der Waals surface area contributed by atoms with Gasteiger partial charge in [-0.05, 0) is 67.3 Å². The summed E-state index contributed by atoms with van der Waals surface area (Å²) in [5.74, 6) is 0.676. The van der Waals surface area contributed by atoms with Gasteiger partial charge in [-0.3, -0.25) is 19.4 Å². The molecule has 0 saturated carbocycles. The fraction of sp³-hybridized carbons (Fsp3) is 0.333. The molecular weight excluding hydrogens is 478 g/mol. The molecule has 8 nitrogen and oxygen atoms in total. The van der Waals surface area contributed by atoms with Crippen molar-refractivity contribution >= 4 is 35.0 Å². The topological polar surface area (TPSA) is 85.8 Å². The van der Waals surface area contributed by atoms with E-state index < -0.39 is 0 Å². The van der Waals surface area contributed by atoms with Crippen LogP contribution in [0.1, 0.15) is 43.1 Å². The third-order valence-electron chi connectivity index (χ3n) is 7.55. The molecule has 38 heavy (non-hydrogen) atoms. The lowest BCUT2D eigenvalue weighted by atomic mass is 9.98. The summed E-state index contributed by atoms with van der Waals surface area (Å²) in [6.45, 7) is 7.14. The minimum Gasteiger partial charge on any atom is -0.355 e. The molecule has 0 radical (unpaired) electrons. The van der Waals surface area contributed by atoms with Gasteiger partial charge in [0.05, 0.1) is 0 Å². The number of hydrogen-bond donors (Lipinski definition) is 1. The molecule has 8 heteroatoms. The summed E-state index contributed by atoms with van der Waals surface area (Å²) in [6.07, 6.45) is 3.31. The number of pyridine rings is 1. The van der Waals surface area contributed by atoms with E-state index in [1.54, 1.807) is 41.2 Å². The number of aromatic nitrogens is 1. The zero-order chi connectivity index (χ0) is 27.0. The van der Waals surface area contributed by atoms with E-state index in [4.69, 9.17) is 0 Å². The van der Waals surface area contributed by atoms with Crippen LogP contribution in [-0.2, 0) is 11.2 Å². The Bertz CT molecular complexity index is 1390. The second kappa shape index (κ2) is 10.3. The van der Waals surface area contributed by atoms with Crippen molar-refractivity contribution in [2.24, 2.45) is 5.92 Å². The van der Waals surface area contributed by atoms with Gasteiger partial charge in [-0.1, -0.05) is 32.0 Å². The molecule has 2 aliphatic heterocycles. The van der Waals surface area contributed by atoms with Crippen LogP contribution in [0, 0.1) is 5.92 Å². The predicted octanol–water partition coefficient (Wildman–Crippen LogP) is 4.88. The first-order valence-corrected chi connectivity index (χ1v) is 13.2. The molecule has 2 fully saturated rings. The van der Waals surface area contributed by atoms with Crippen LogP contribution < -0.4 is 20.0 Å². The van der Waals surface area contributed by atoms with Gasteiger partial charge in [-0.25, -0.2) is 9.78 Å². The van der Waals surface area contributed by atoms with Crippen molar-refractivity contribution in [3.05, 3.63) is 71.9 Å². The number of rotatable bonds is 6. The highest BCUT2D eigenvalue weighted by atomic mass is 16.2. The lowest BCUT2D eigenvalue weighted by Gasteiger charge is -2.23. The van der Waals surface area contributed by atoms with Crippen LogP contribution in [0.25, 0.3) is 11.1 Å². The monoisotopic (exact) mass is 511 g/mol. The van der Waals surface area contributed by atoms with E-state index in [1.807, 2.05) is 48.2 Å². The molecule has 1 N–H and O–H groups in total. The Balaban J connectivity index is 1.42. The Morgan fingerprint density at radius 3 is 2.39 bits per heavy atom. The molecule has 5 rings (SSSR count). The molecule has 0 unspecified atom stereocenters. The maximum atomic E-state index is 13.5. The lowest BCUT2D eigenvalue weighted by molar-refractivity contribution is -0.120. The molecule has 0 aliphatic carbocycles. The van der Waals surface area contributed by atoms with Crippen molar-refractivity contribution in [3.8, 4) is 11.1 Å². The Morgan fingerprint density at radius 2 is 1.74 bits per heavy atom. The maximum Gasteiger partial charge on any atom is 0.330 e. The van der Waals surface area contributed by atoms with E-state index in [2.05, 4.69) is 24.1 Å². The summed E-state index contributed by atoms with van der Waals surface area (Å²) in [7, 11) is 1.59. The van der Waals surface area contributed by atoms with Crippen molar-refractivity contribution in [3.63, 3.8) is 0 Å². The fourth-order valence-electron chi connectivity index (χ4n) is 5.62. The number of benzene rings is 2.